The molecule has 1 aromatic carbocycles. The van der Waals surface area contributed by atoms with Crippen molar-refractivity contribution in [2.24, 2.45) is 0 Å². The van der Waals surface area contributed by atoms with Gasteiger partial charge in [0.15, 0.2) is 9.84 Å². The molecule has 0 aromatic heterocycles. The summed E-state index contributed by atoms with van der Waals surface area (Å²) >= 11 is 5.72. The van der Waals surface area contributed by atoms with Crippen LogP contribution in [0.2, 0.25) is 5.02 Å². The van der Waals surface area contributed by atoms with Crippen LogP contribution in [0.4, 0.5) is 0 Å². The number of hydrogen-bond donors (Lipinski definition) is 0. The van der Waals surface area contributed by atoms with Crippen LogP contribution in [0.5, 0.6) is 0 Å². The Kier molecular flexibility index (Phi) is 3.66. The molecule has 14 heavy (non-hydrogen) atoms. The lowest BCUT2D eigenvalue weighted by molar-refractivity contribution is -0.107. The number of sulfone groups is 1. The Morgan fingerprint density at radius 1 is 1.29 bits per heavy atom. The SMILES string of the molecule is O=CCCS(=O)(=O)c1ccccc1Cl. The Balaban J connectivity index is 3.04. The second-order valence-electron chi connectivity index (χ2n) is 2.70. The molecule has 0 fully saturated rings. The van der Waals surface area contributed by atoms with Crippen molar-refractivity contribution in [2.45, 2.75) is 11.3 Å². The molecular weight excluding hydrogens is 224 g/mol. The summed E-state index contributed by atoms with van der Waals surface area (Å²) in [5.41, 5.74) is 0. The molecule has 0 saturated heterocycles. The molecule has 0 spiro atoms. The van der Waals surface area contributed by atoms with Crippen molar-refractivity contribution in [1.82, 2.24) is 0 Å². The van der Waals surface area contributed by atoms with Gasteiger partial charge < -0.3 is 4.79 Å². The van der Waals surface area contributed by atoms with Crippen LogP contribution in [-0.4, -0.2) is 20.5 Å². The summed E-state index contributed by atoms with van der Waals surface area (Å²) in [5, 5.41) is 0.193. The van der Waals surface area contributed by atoms with Crippen LogP contribution < -0.4 is 0 Å². The number of carbonyl (C=O) groups is 1. The number of hydrogen-bond acceptors (Lipinski definition) is 3. The molecule has 0 aliphatic rings. The maximum absolute atomic E-state index is 11.6. The minimum absolute atomic E-state index is 0.00639. The molecule has 0 atom stereocenters. The highest BCUT2D eigenvalue weighted by atomic mass is 35.5. The minimum Gasteiger partial charge on any atom is -0.303 e. The average Bonchev–Trinajstić information content (AvgIpc) is 2.15. The minimum atomic E-state index is -3.42. The van der Waals surface area contributed by atoms with E-state index < -0.39 is 9.84 Å². The van der Waals surface area contributed by atoms with E-state index in [1.54, 1.807) is 12.1 Å². The molecule has 0 radical (unpaired) electrons. The first-order valence-corrected chi connectivity index (χ1v) is 6.02. The van der Waals surface area contributed by atoms with Gasteiger partial charge in [0.25, 0.3) is 0 Å². The van der Waals surface area contributed by atoms with Gasteiger partial charge in [-0.15, -0.1) is 0 Å². The van der Waals surface area contributed by atoms with Gasteiger partial charge in [-0.3, -0.25) is 0 Å². The van der Waals surface area contributed by atoms with Gasteiger partial charge in [0.1, 0.15) is 6.29 Å². The summed E-state index contributed by atoms with van der Waals surface area (Å²) in [7, 11) is -3.42. The van der Waals surface area contributed by atoms with E-state index >= 15 is 0 Å². The third-order valence-electron chi connectivity index (χ3n) is 1.68. The van der Waals surface area contributed by atoms with Gasteiger partial charge in [0.2, 0.25) is 0 Å². The normalized spacial score (nSPS) is 11.2. The lowest BCUT2D eigenvalue weighted by Crippen LogP contribution is -2.07. The molecule has 0 aliphatic carbocycles. The molecule has 0 bridgehead atoms. The Morgan fingerprint density at radius 3 is 2.50 bits per heavy atom. The fraction of sp³-hybridized carbons (Fsp3) is 0.222. The third kappa shape index (κ3) is 2.56. The number of halogens is 1. The van der Waals surface area contributed by atoms with Crippen LogP contribution in [0, 0.1) is 0 Å². The van der Waals surface area contributed by atoms with Crippen molar-refractivity contribution in [3.8, 4) is 0 Å². The van der Waals surface area contributed by atoms with Crippen molar-refractivity contribution in [3.63, 3.8) is 0 Å². The van der Waals surface area contributed by atoms with Gasteiger partial charge >= 0.3 is 0 Å². The van der Waals surface area contributed by atoms with Crippen LogP contribution in [0.15, 0.2) is 29.2 Å². The first-order chi connectivity index (χ1) is 6.58. The van der Waals surface area contributed by atoms with E-state index in [0.29, 0.717) is 6.29 Å². The Hall–Kier alpha value is -0.870. The van der Waals surface area contributed by atoms with Crippen LogP contribution in [0.25, 0.3) is 0 Å². The number of aldehydes is 1. The smallest absolute Gasteiger partial charge is 0.180 e. The monoisotopic (exact) mass is 232 g/mol. The molecule has 1 rings (SSSR count). The zero-order chi connectivity index (χ0) is 10.6. The molecule has 3 nitrogen and oxygen atoms in total. The molecule has 0 aliphatic heterocycles. The van der Waals surface area contributed by atoms with Crippen molar-refractivity contribution >= 4 is 27.7 Å². The number of carbonyl (C=O) groups excluding carboxylic acids is 1. The molecule has 0 N–H and O–H groups in total. The van der Waals surface area contributed by atoms with Gasteiger partial charge in [0, 0.05) is 6.42 Å². The summed E-state index contributed by atoms with van der Waals surface area (Å²) < 4.78 is 23.1. The Labute approximate surface area is 87.6 Å². The van der Waals surface area contributed by atoms with E-state index in [1.807, 2.05) is 0 Å². The van der Waals surface area contributed by atoms with Crippen molar-refractivity contribution in [1.29, 1.82) is 0 Å². The van der Waals surface area contributed by atoms with Gasteiger partial charge in [-0.1, -0.05) is 23.7 Å². The highest BCUT2D eigenvalue weighted by Gasteiger charge is 2.16. The van der Waals surface area contributed by atoms with Gasteiger partial charge in [-0.05, 0) is 12.1 Å². The first-order valence-electron chi connectivity index (χ1n) is 3.99. The maximum Gasteiger partial charge on any atom is 0.180 e. The van der Waals surface area contributed by atoms with E-state index in [9.17, 15) is 13.2 Å². The molecule has 0 unspecified atom stereocenters. The fourth-order valence-electron chi connectivity index (χ4n) is 1.01. The summed E-state index contributed by atoms with van der Waals surface area (Å²) in [6.45, 7) is 0. The zero-order valence-electron chi connectivity index (χ0n) is 7.31. The van der Waals surface area contributed by atoms with Gasteiger partial charge in [0.05, 0.1) is 15.7 Å². The highest BCUT2D eigenvalue weighted by molar-refractivity contribution is 7.91. The second kappa shape index (κ2) is 4.57. The molecule has 1 aromatic rings. The average molecular weight is 233 g/mol. The van der Waals surface area contributed by atoms with E-state index in [2.05, 4.69) is 0 Å². The van der Waals surface area contributed by atoms with Crippen LogP contribution in [-0.2, 0) is 14.6 Å². The topological polar surface area (TPSA) is 51.2 Å². The summed E-state index contributed by atoms with van der Waals surface area (Å²) in [6.07, 6.45) is 0.571. The molecule has 0 saturated carbocycles. The van der Waals surface area contributed by atoms with E-state index in [-0.39, 0.29) is 22.1 Å². The van der Waals surface area contributed by atoms with E-state index in [4.69, 9.17) is 11.6 Å². The molecular formula is C9H9ClO3S. The molecule has 5 heteroatoms. The standard InChI is InChI=1S/C9H9ClO3S/c10-8-4-1-2-5-9(8)14(12,13)7-3-6-11/h1-2,4-6H,3,7H2. The predicted octanol–water partition coefficient (Wildman–Crippen LogP) is 1.70. The lowest BCUT2D eigenvalue weighted by atomic mass is 10.4. The van der Waals surface area contributed by atoms with Crippen LogP contribution in [0.3, 0.4) is 0 Å². The molecule has 76 valence electrons. The van der Waals surface area contributed by atoms with Gasteiger partial charge in [-0.2, -0.15) is 0 Å². The molecule has 0 amide bonds. The fourth-order valence-corrected chi connectivity index (χ4v) is 2.78. The largest absolute Gasteiger partial charge is 0.303 e. The van der Waals surface area contributed by atoms with E-state index in [0.717, 1.165) is 0 Å². The van der Waals surface area contributed by atoms with Crippen LogP contribution in [0.1, 0.15) is 6.42 Å². The van der Waals surface area contributed by atoms with Gasteiger partial charge in [-0.25, -0.2) is 8.42 Å². The summed E-state index contributed by atoms with van der Waals surface area (Å²) in [5.74, 6) is -0.194. The highest BCUT2D eigenvalue weighted by Crippen LogP contribution is 2.21. The first kappa shape index (κ1) is 11.2. The maximum atomic E-state index is 11.6. The summed E-state index contributed by atoms with van der Waals surface area (Å²) in [4.78, 5) is 10.2. The van der Waals surface area contributed by atoms with Crippen molar-refractivity contribution in [3.05, 3.63) is 29.3 Å². The molecule has 0 heterocycles. The Morgan fingerprint density at radius 2 is 1.93 bits per heavy atom. The lowest BCUT2D eigenvalue weighted by Gasteiger charge is -2.03. The summed E-state index contributed by atoms with van der Waals surface area (Å²) in [6, 6.07) is 6.19. The number of benzene rings is 1. The van der Waals surface area contributed by atoms with Crippen molar-refractivity contribution in [2.75, 3.05) is 5.75 Å². The van der Waals surface area contributed by atoms with Crippen molar-refractivity contribution < 1.29 is 13.2 Å². The quantitative estimate of drug-likeness (QED) is 0.743. The Bertz CT molecular complexity index is 425. The van der Waals surface area contributed by atoms with E-state index in [1.165, 1.54) is 12.1 Å². The predicted molar refractivity (Wildman–Crippen MR) is 54.2 cm³/mol. The number of rotatable bonds is 4. The third-order valence-corrected chi connectivity index (χ3v) is 3.92. The van der Waals surface area contributed by atoms with Crippen LogP contribution >= 0.6 is 11.6 Å². The second-order valence-corrected chi connectivity index (χ2v) is 5.19. The zero-order valence-corrected chi connectivity index (χ0v) is 8.88.